The van der Waals surface area contributed by atoms with E-state index in [0.29, 0.717) is 17.5 Å². The maximum Gasteiger partial charge on any atom is 0.164 e. The molecule has 2 aromatic heterocycles. The van der Waals surface area contributed by atoms with Gasteiger partial charge in [0.25, 0.3) is 0 Å². The lowest BCUT2D eigenvalue weighted by Crippen LogP contribution is -2.00. The van der Waals surface area contributed by atoms with Crippen molar-refractivity contribution in [1.29, 1.82) is 0 Å². The Hall–Kier alpha value is -5.71. The van der Waals surface area contributed by atoms with Crippen LogP contribution in [0.4, 0.5) is 0 Å². The molecule has 9 aromatic rings. The van der Waals surface area contributed by atoms with E-state index in [1.165, 1.54) is 47.5 Å². The first-order chi connectivity index (χ1) is 22.3. The van der Waals surface area contributed by atoms with Crippen LogP contribution in [0, 0.1) is 0 Å². The summed E-state index contributed by atoms with van der Waals surface area (Å²) in [5.41, 5.74) is 5.27. The molecule has 7 aromatic carbocycles. The quantitative estimate of drug-likeness (QED) is 0.204. The van der Waals surface area contributed by atoms with Crippen LogP contribution in [0.25, 0.3) is 87.0 Å². The summed E-state index contributed by atoms with van der Waals surface area (Å²) in [5, 5.41) is 7.45. The molecule has 0 aliphatic rings. The second-order valence-electron chi connectivity index (χ2n) is 11.3. The van der Waals surface area contributed by atoms with Crippen LogP contribution in [0.1, 0.15) is 0 Å². The Morgan fingerprint density at radius 1 is 0.356 bits per heavy atom. The lowest BCUT2D eigenvalue weighted by Gasteiger charge is -2.13. The van der Waals surface area contributed by atoms with Crippen LogP contribution in [0.5, 0.6) is 0 Å². The Bertz CT molecular complexity index is 2480. The van der Waals surface area contributed by atoms with Crippen molar-refractivity contribution >= 4 is 53.1 Å². The average molecular weight is 592 g/mol. The number of nitrogens with zero attached hydrogens (tertiary/aromatic N) is 3. The summed E-state index contributed by atoms with van der Waals surface area (Å²) < 4.78 is 2.58. The van der Waals surface area contributed by atoms with E-state index >= 15 is 0 Å². The summed E-state index contributed by atoms with van der Waals surface area (Å²) >= 11 is 1.86. The van der Waals surface area contributed by atoms with E-state index in [2.05, 4.69) is 91.0 Å². The first kappa shape index (κ1) is 25.8. The number of rotatable bonds is 4. The predicted molar refractivity (Wildman–Crippen MR) is 189 cm³/mol. The molecule has 0 unspecified atom stereocenters. The monoisotopic (exact) mass is 591 g/mol. The number of hydrogen-bond donors (Lipinski definition) is 0. The molecule has 0 radical (unpaired) electrons. The van der Waals surface area contributed by atoms with Gasteiger partial charge in [-0.15, -0.1) is 11.3 Å². The first-order valence-corrected chi connectivity index (χ1v) is 15.8. The van der Waals surface area contributed by atoms with Gasteiger partial charge in [0.2, 0.25) is 0 Å². The highest BCUT2D eigenvalue weighted by Crippen LogP contribution is 2.44. The van der Waals surface area contributed by atoms with Gasteiger partial charge in [0, 0.05) is 36.9 Å². The summed E-state index contributed by atoms with van der Waals surface area (Å²) in [6, 6.07) is 53.3. The molecule has 0 aliphatic carbocycles. The van der Waals surface area contributed by atoms with E-state index in [0.717, 1.165) is 22.1 Å². The van der Waals surface area contributed by atoms with Crippen molar-refractivity contribution in [3.05, 3.63) is 152 Å². The third-order valence-electron chi connectivity index (χ3n) is 8.47. The van der Waals surface area contributed by atoms with Gasteiger partial charge in [-0.3, -0.25) is 0 Å². The largest absolute Gasteiger partial charge is 0.208 e. The van der Waals surface area contributed by atoms with E-state index in [1.807, 2.05) is 72.0 Å². The standard InChI is InChI=1S/C41H25N3S/c1-3-12-26(13-4-1)39-42-40(27-14-5-2-6-15-27)44-41(43-39)31-22-30-18-9-10-19-32(30)34(24-31)33-20-11-21-36-38(33)35-23-28-16-7-8-17-29(28)25-37(35)45-36/h1-25H. The highest BCUT2D eigenvalue weighted by molar-refractivity contribution is 7.26. The third-order valence-corrected chi connectivity index (χ3v) is 9.59. The fraction of sp³-hybridized carbons (Fsp3) is 0. The van der Waals surface area contributed by atoms with Gasteiger partial charge in [-0.1, -0.05) is 121 Å². The zero-order chi connectivity index (χ0) is 29.7. The first-order valence-electron chi connectivity index (χ1n) is 15.0. The number of benzene rings is 7. The van der Waals surface area contributed by atoms with Crippen LogP contribution in [0.15, 0.2) is 152 Å². The normalized spacial score (nSPS) is 11.6. The minimum Gasteiger partial charge on any atom is -0.208 e. The Balaban J connectivity index is 1.32. The second kappa shape index (κ2) is 10.5. The molecule has 0 spiro atoms. The minimum atomic E-state index is 0.656. The molecule has 0 amide bonds. The third kappa shape index (κ3) is 4.46. The Morgan fingerprint density at radius 2 is 0.933 bits per heavy atom. The van der Waals surface area contributed by atoms with E-state index in [9.17, 15) is 0 Å². The summed E-state index contributed by atoms with van der Waals surface area (Å²) in [5.74, 6) is 1.97. The van der Waals surface area contributed by atoms with Crippen LogP contribution in [-0.4, -0.2) is 15.0 Å². The maximum atomic E-state index is 5.06. The fourth-order valence-electron chi connectivity index (χ4n) is 6.34. The van der Waals surface area contributed by atoms with Crippen LogP contribution in [0.2, 0.25) is 0 Å². The molecule has 0 fully saturated rings. The molecule has 9 rings (SSSR count). The van der Waals surface area contributed by atoms with E-state index in [4.69, 9.17) is 15.0 Å². The van der Waals surface area contributed by atoms with Crippen LogP contribution in [0.3, 0.4) is 0 Å². The van der Waals surface area contributed by atoms with Crippen molar-refractivity contribution in [2.75, 3.05) is 0 Å². The van der Waals surface area contributed by atoms with Gasteiger partial charge in [0.1, 0.15) is 0 Å². The number of thiophene rings is 1. The van der Waals surface area contributed by atoms with Crippen LogP contribution >= 0.6 is 11.3 Å². The molecule has 3 nitrogen and oxygen atoms in total. The Kier molecular flexibility index (Phi) is 6.00. The molecule has 2 heterocycles. The van der Waals surface area contributed by atoms with Gasteiger partial charge in [-0.2, -0.15) is 0 Å². The zero-order valence-corrected chi connectivity index (χ0v) is 25.0. The highest BCUT2D eigenvalue weighted by atomic mass is 32.1. The van der Waals surface area contributed by atoms with Crippen molar-refractivity contribution in [1.82, 2.24) is 15.0 Å². The van der Waals surface area contributed by atoms with Crippen molar-refractivity contribution in [3.63, 3.8) is 0 Å². The molecule has 0 aliphatic heterocycles. The van der Waals surface area contributed by atoms with Crippen molar-refractivity contribution in [2.45, 2.75) is 0 Å². The molecular formula is C41H25N3S. The van der Waals surface area contributed by atoms with Crippen molar-refractivity contribution < 1.29 is 0 Å². The van der Waals surface area contributed by atoms with E-state index in [-0.39, 0.29) is 0 Å². The molecular weight excluding hydrogens is 567 g/mol. The molecule has 210 valence electrons. The molecule has 4 heteroatoms. The summed E-state index contributed by atoms with van der Waals surface area (Å²) in [6.45, 7) is 0. The van der Waals surface area contributed by atoms with Gasteiger partial charge in [-0.05, 0) is 63.0 Å². The van der Waals surface area contributed by atoms with Gasteiger partial charge in [0.15, 0.2) is 17.5 Å². The molecule has 0 atom stereocenters. The van der Waals surface area contributed by atoms with Gasteiger partial charge in [-0.25, -0.2) is 15.0 Å². The number of aromatic nitrogens is 3. The summed E-state index contributed by atoms with van der Waals surface area (Å²) in [4.78, 5) is 15.0. The van der Waals surface area contributed by atoms with Crippen molar-refractivity contribution in [2.24, 2.45) is 0 Å². The zero-order valence-electron chi connectivity index (χ0n) is 24.2. The lowest BCUT2D eigenvalue weighted by molar-refractivity contribution is 1.07. The topological polar surface area (TPSA) is 38.7 Å². The summed E-state index contributed by atoms with van der Waals surface area (Å²) in [7, 11) is 0. The highest BCUT2D eigenvalue weighted by Gasteiger charge is 2.18. The lowest BCUT2D eigenvalue weighted by atomic mass is 9.92. The Morgan fingerprint density at radius 3 is 1.62 bits per heavy atom. The van der Waals surface area contributed by atoms with E-state index in [1.54, 1.807) is 0 Å². The smallest absolute Gasteiger partial charge is 0.164 e. The molecule has 0 saturated carbocycles. The number of fused-ring (bicyclic) bond motifs is 5. The van der Waals surface area contributed by atoms with Crippen LogP contribution in [-0.2, 0) is 0 Å². The molecule has 0 saturated heterocycles. The SMILES string of the molecule is c1ccc(-c2nc(-c3ccccc3)nc(-c3cc(-c4cccc5sc6cc7ccccc7cc6c45)c4ccccc4c3)n2)cc1. The minimum absolute atomic E-state index is 0.656. The molecule has 45 heavy (non-hydrogen) atoms. The van der Waals surface area contributed by atoms with Crippen LogP contribution < -0.4 is 0 Å². The Labute approximate surface area is 264 Å². The maximum absolute atomic E-state index is 5.06. The summed E-state index contributed by atoms with van der Waals surface area (Å²) in [6.07, 6.45) is 0. The molecule has 0 N–H and O–H groups in total. The van der Waals surface area contributed by atoms with Gasteiger partial charge < -0.3 is 0 Å². The van der Waals surface area contributed by atoms with Crippen molar-refractivity contribution in [3.8, 4) is 45.3 Å². The molecule has 0 bridgehead atoms. The van der Waals surface area contributed by atoms with Gasteiger partial charge in [0.05, 0.1) is 0 Å². The van der Waals surface area contributed by atoms with Gasteiger partial charge >= 0.3 is 0 Å². The second-order valence-corrected chi connectivity index (χ2v) is 12.3. The van der Waals surface area contributed by atoms with E-state index < -0.39 is 0 Å². The average Bonchev–Trinajstić information content (AvgIpc) is 3.48. The predicted octanol–water partition coefficient (Wildman–Crippen LogP) is 11.2. The number of hydrogen-bond acceptors (Lipinski definition) is 4. The fourth-order valence-corrected chi connectivity index (χ4v) is 7.50.